The molecule has 1 aliphatic heterocycles. The van der Waals surface area contributed by atoms with Crippen LogP contribution in [0.5, 0.6) is 0 Å². The summed E-state index contributed by atoms with van der Waals surface area (Å²) in [6.45, 7) is 4.77. The topological polar surface area (TPSA) is 114 Å². The zero-order valence-corrected chi connectivity index (χ0v) is 23.0. The van der Waals surface area contributed by atoms with Gasteiger partial charge in [-0.05, 0) is 48.0 Å². The maximum Gasteiger partial charge on any atom is 0.375 e. The predicted molar refractivity (Wildman–Crippen MR) is 147 cm³/mol. The third-order valence-corrected chi connectivity index (χ3v) is 7.34. The molecule has 0 aliphatic carbocycles. The lowest BCUT2D eigenvalue weighted by Gasteiger charge is -2.43. The van der Waals surface area contributed by atoms with Gasteiger partial charge in [-0.15, -0.1) is 5.10 Å². The maximum absolute atomic E-state index is 9.51. The van der Waals surface area contributed by atoms with Crippen LogP contribution in [0.1, 0.15) is 31.1 Å². The number of aromatic nitrogens is 3. The molecular weight excluding hydrogens is 536 g/mol. The first-order valence-electron chi connectivity index (χ1n) is 11.5. The minimum Gasteiger partial charge on any atom is -0.321 e. The zero-order valence-electron chi connectivity index (χ0n) is 20.6. The van der Waals surface area contributed by atoms with E-state index in [1.165, 1.54) is 0 Å². The Hall–Kier alpha value is -2.33. The van der Waals surface area contributed by atoms with E-state index in [0.717, 1.165) is 32.9 Å². The lowest BCUT2D eigenvalue weighted by molar-refractivity contribution is -0.0632. The Balaban J connectivity index is 0.000000176. The van der Waals surface area contributed by atoms with Crippen molar-refractivity contribution in [3.8, 4) is 0 Å². The summed E-state index contributed by atoms with van der Waals surface area (Å²) in [6.07, 6.45) is -0.492. The summed E-state index contributed by atoms with van der Waals surface area (Å²) < 4.78 is 12.0. The van der Waals surface area contributed by atoms with Gasteiger partial charge in [-0.25, -0.2) is 10.1 Å². The Morgan fingerprint density at radius 2 is 1.81 bits per heavy atom. The molecule has 37 heavy (non-hydrogen) atoms. The molecule has 5 rings (SSSR count). The second-order valence-electron chi connectivity index (χ2n) is 9.28. The third-order valence-electron chi connectivity index (χ3n) is 5.79. The van der Waals surface area contributed by atoms with Gasteiger partial charge in [0.15, 0.2) is 0 Å². The highest BCUT2D eigenvalue weighted by atomic mass is 35.5. The van der Waals surface area contributed by atoms with Crippen molar-refractivity contribution in [2.24, 2.45) is 12.5 Å². The van der Waals surface area contributed by atoms with E-state index in [0.29, 0.717) is 11.6 Å². The largest absolute Gasteiger partial charge is 0.375 e. The fourth-order valence-electron chi connectivity index (χ4n) is 3.77. The van der Waals surface area contributed by atoms with Crippen LogP contribution in [0.3, 0.4) is 0 Å². The third kappa shape index (κ3) is 7.16. The standard InChI is InChI=1S/C14H14ClN5.C11H15ClO4P/c1-20-14-8-10(2-7-13(14)18-19-20)9-16-17-12-5-3-11(15)4-6-12;1-11(2)7-15-17(13,14)16-10(11)8-5-3-4-6-9(8)12/h2-8,16-17H,9H2,1H3;3-6,10,13-14H,7H2,1-2H3. The summed E-state index contributed by atoms with van der Waals surface area (Å²) in [6, 6.07) is 20.8. The van der Waals surface area contributed by atoms with Gasteiger partial charge >= 0.3 is 8.17 Å². The van der Waals surface area contributed by atoms with Crippen LogP contribution in [-0.4, -0.2) is 31.4 Å². The van der Waals surface area contributed by atoms with Gasteiger partial charge in [-0.2, -0.15) is 0 Å². The second-order valence-corrected chi connectivity index (χ2v) is 11.6. The molecule has 0 bridgehead atoms. The molecule has 12 heteroatoms. The summed E-state index contributed by atoms with van der Waals surface area (Å²) in [5, 5.41) is 9.33. The van der Waals surface area contributed by atoms with Crippen LogP contribution in [0, 0.1) is 5.41 Å². The van der Waals surface area contributed by atoms with Gasteiger partial charge in [0, 0.05) is 40.3 Å². The van der Waals surface area contributed by atoms with Crippen molar-refractivity contribution in [1.82, 2.24) is 20.4 Å². The number of aryl methyl sites for hydroxylation is 1. The van der Waals surface area contributed by atoms with Crippen LogP contribution < -0.4 is 10.9 Å². The predicted octanol–water partition coefficient (Wildman–Crippen LogP) is 5.85. The van der Waals surface area contributed by atoms with Gasteiger partial charge in [0.2, 0.25) is 0 Å². The van der Waals surface area contributed by atoms with Crippen LogP contribution in [0.2, 0.25) is 10.0 Å². The zero-order chi connectivity index (χ0) is 26.6. The summed E-state index contributed by atoms with van der Waals surface area (Å²) in [5.41, 5.74) is 10.7. The molecule has 9 nitrogen and oxygen atoms in total. The Morgan fingerprint density at radius 3 is 2.54 bits per heavy atom. The summed E-state index contributed by atoms with van der Waals surface area (Å²) >= 11 is 11.9. The Kier molecular flexibility index (Phi) is 8.68. The number of halogens is 2. The minimum atomic E-state index is -3.72. The molecule has 1 atom stereocenters. The van der Waals surface area contributed by atoms with Gasteiger partial charge in [0.05, 0.1) is 12.1 Å². The molecule has 1 unspecified atom stereocenters. The molecule has 2 heterocycles. The SMILES string of the molecule is CC1(C)CO[P](O)(O)OC1c1ccccc1Cl.Cn1nnc2ccc(CNNc3ccc(Cl)cc3)cc21. The Morgan fingerprint density at radius 1 is 1.08 bits per heavy atom. The van der Waals surface area contributed by atoms with E-state index in [2.05, 4.69) is 27.2 Å². The molecular formula is C25H29Cl2N5O4P. The molecule has 0 saturated carbocycles. The lowest BCUT2D eigenvalue weighted by atomic mass is 9.83. The normalized spacial score (nSPS) is 18.2. The summed E-state index contributed by atoms with van der Waals surface area (Å²) in [7, 11) is -1.83. The fraction of sp³-hybridized carbons (Fsp3) is 0.280. The highest BCUT2D eigenvalue weighted by Gasteiger charge is 2.46. The molecule has 1 saturated heterocycles. The smallest absolute Gasteiger partial charge is 0.321 e. The van der Waals surface area contributed by atoms with E-state index >= 15 is 0 Å². The van der Waals surface area contributed by atoms with Gasteiger partial charge < -0.3 is 15.2 Å². The first-order chi connectivity index (χ1) is 17.5. The summed E-state index contributed by atoms with van der Waals surface area (Å²) in [5.74, 6) is 0. The van der Waals surface area contributed by atoms with E-state index in [-0.39, 0.29) is 12.0 Å². The average molecular weight is 565 g/mol. The molecule has 1 aromatic heterocycles. The van der Waals surface area contributed by atoms with E-state index in [4.69, 9.17) is 32.2 Å². The van der Waals surface area contributed by atoms with Crippen molar-refractivity contribution in [2.75, 3.05) is 12.0 Å². The number of anilines is 1. The van der Waals surface area contributed by atoms with Gasteiger partial charge in [-0.1, -0.05) is 66.5 Å². The van der Waals surface area contributed by atoms with Gasteiger partial charge in [0.1, 0.15) is 11.6 Å². The van der Waals surface area contributed by atoms with Gasteiger partial charge in [-0.3, -0.25) is 9.05 Å². The highest BCUT2D eigenvalue weighted by Crippen LogP contribution is 2.64. The van der Waals surface area contributed by atoms with E-state index < -0.39 is 14.3 Å². The van der Waals surface area contributed by atoms with Crippen LogP contribution in [0.15, 0.2) is 66.7 Å². The van der Waals surface area contributed by atoms with E-state index in [1.54, 1.807) is 10.7 Å². The van der Waals surface area contributed by atoms with Crippen LogP contribution in [0.4, 0.5) is 5.69 Å². The maximum atomic E-state index is 9.51. The quantitative estimate of drug-likeness (QED) is 0.176. The van der Waals surface area contributed by atoms with Crippen molar-refractivity contribution < 1.29 is 18.8 Å². The number of benzene rings is 3. The highest BCUT2D eigenvalue weighted by molar-refractivity contribution is 7.54. The molecule has 3 aromatic carbocycles. The monoisotopic (exact) mass is 564 g/mol. The van der Waals surface area contributed by atoms with Crippen LogP contribution in [0.25, 0.3) is 11.0 Å². The number of hydrogen-bond acceptors (Lipinski definition) is 8. The summed E-state index contributed by atoms with van der Waals surface area (Å²) in [4.78, 5) is 19.0. The molecule has 0 amide bonds. The number of nitrogens with zero attached hydrogens (tertiary/aromatic N) is 3. The van der Waals surface area contributed by atoms with E-state index in [9.17, 15) is 9.79 Å². The average Bonchev–Trinajstić information content (AvgIpc) is 3.23. The Labute approximate surface area is 226 Å². The fourth-order valence-corrected chi connectivity index (χ4v) is 5.37. The number of fused-ring (bicyclic) bond motifs is 1. The molecule has 197 valence electrons. The first kappa shape index (κ1) is 27.7. The van der Waals surface area contributed by atoms with Gasteiger partial charge in [0.25, 0.3) is 0 Å². The molecule has 0 spiro atoms. The lowest BCUT2D eigenvalue weighted by Crippen LogP contribution is -2.34. The number of hydrogen-bond donors (Lipinski definition) is 4. The molecule has 1 fully saturated rings. The first-order valence-corrected chi connectivity index (χ1v) is 13.8. The van der Waals surface area contributed by atoms with E-state index in [1.807, 2.05) is 75.5 Å². The molecule has 4 N–H and O–H groups in total. The number of nitrogens with one attached hydrogen (secondary N) is 2. The number of hydrazine groups is 1. The van der Waals surface area contributed by atoms with Crippen LogP contribution >= 0.6 is 31.4 Å². The second kappa shape index (κ2) is 11.6. The Bertz CT molecular complexity index is 1350. The van der Waals surface area contributed by atoms with Crippen molar-refractivity contribution in [1.29, 1.82) is 0 Å². The van der Waals surface area contributed by atoms with Crippen molar-refractivity contribution in [3.63, 3.8) is 0 Å². The molecule has 1 aliphatic rings. The van der Waals surface area contributed by atoms with Crippen LogP contribution in [-0.2, 0) is 22.6 Å². The number of rotatable bonds is 5. The minimum absolute atomic E-state index is 0.212. The van der Waals surface area contributed by atoms with Crippen molar-refractivity contribution >= 4 is 48.1 Å². The molecule has 4 aromatic rings. The van der Waals surface area contributed by atoms with Crippen molar-refractivity contribution in [3.05, 3.63) is 87.9 Å². The molecule has 1 radical (unpaired) electrons. The van der Waals surface area contributed by atoms with Crippen molar-refractivity contribution in [2.45, 2.75) is 26.5 Å².